The summed E-state index contributed by atoms with van der Waals surface area (Å²) in [4.78, 5) is 4.17. The highest BCUT2D eigenvalue weighted by Crippen LogP contribution is 2.08. The lowest BCUT2D eigenvalue weighted by molar-refractivity contribution is 0.388. The molecule has 0 fully saturated rings. The number of aromatic nitrogens is 4. The zero-order valence-electron chi connectivity index (χ0n) is 8.67. The minimum Gasteiger partial charge on any atom is -0.360 e. The summed E-state index contributed by atoms with van der Waals surface area (Å²) in [6, 6.07) is 4.63. The van der Waals surface area contributed by atoms with Gasteiger partial charge in [-0.15, -0.1) is 5.10 Å². The average molecular weight is 233 g/mol. The summed E-state index contributed by atoms with van der Waals surface area (Å²) in [6.45, 7) is 0.430. The zero-order valence-corrected chi connectivity index (χ0v) is 8.67. The van der Waals surface area contributed by atoms with Gasteiger partial charge in [0.15, 0.2) is 11.4 Å². The van der Waals surface area contributed by atoms with Crippen LogP contribution in [0.4, 0.5) is 10.3 Å². The van der Waals surface area contributed by atoms with Gasteiger partial charge in [0.2, 0.25) is 5.95 Å². The first-order valence-corrected chi connectivity index (χ1v) is 4.96. The van der Waals surface area contributed by atoms with Gasteiger partial charge in [-0.2, -0.15) is 4.98 Å². The van der Waals surface area contributed by atoms with Crippen molar-refractivity contribution in [2.75, 3.05) is 5.32 Å². The summed E-state index contributed by atoms with van der Waals surface area (Å²) in [7, 11) is 0. The van der Waals surface area contributed by atoms with Gasteiger partial charge in [0.1, 0.15) is 5.82 Å². The number of fused-ring (bicyclic) bond motifs is 1. The monoisotopic (exact) mass is 233 g/mol. The molecule has 3 aromatic heterocycles. The highest BCUT2D eigenvalue weighted by molar-refractivity contribution is 5.43. The Morgan fingerprint density at radius 1 is 1.35 bits per heavy atom. The van der Waals surface area contributed by atoms with Crippen molar-refractivity contribution in [2.45, 2.75) is 6.54 Å². The zero-order chi connectivity index (χ0) is 11.7. The van der Waals surface area contributed by atoms with Crippen LogP contribution in [0.3, 0.4) is 0 Å². The van der Waals surface area contributed by atoms with E-state index in [0.29, 0.717) is 23.9 Å². The summed E-state index contributed by atoms with van der Waals surface area (Å²) in [5, 5.41) is 10.6. The smallest absolute Gasteiger partial charge is 0.243 e. The van der Waals surface area contributed by atoms with E-state index >= 15 is 0 Å². The molecule has 0 spiro atoms. The largest absolute Gasteiger partial charge is 0.360 e. The number of rotatable bonds is 3. The maximum absolute atomic E-state index is 12.9. The van der Waals surface area contributed by atoms with Crippen LogP contribution in [0.15, 0.2) is 35.1 Å². The third kappa shape index (κ3) is 1.94. The first-order chi connectivity index (χ1) is 8.31. The number of anilines is 1. The molecule has 0 aliphatic heterocycles. The van der Waals surface area contributed by atoms with Crippen LogP contribution >= 0.6 is 0 Å². The maximum Gasteiger partial charge on any atom is 0.243 e. The summed E-state index contributed by atoms with van der Waals surface area (Å²) < 4.78 is 19.2. The van der Waals surface area contributed by atoms with Gasteiger partial charge in [-0.3, -0.25) is 0 Å². The topological polar surface area (TPSA) is 68.2 Å². The molecule has 0 aliphatic carbocycles. The van der Waals surface area contributed by atoms with Crippen molar-refractivity contribution < 1.29 is 8.91 Å². The van der Waals surface area contributed by atoms with E-state index in [4.69, 9.17) is 4.52 Å². The molecule has 0 saturated heterocycles. The minimum absolute atomic E-state index is 0.357. The first-order valence-electron chi connectivity index (χ1n) is 4.96. The molecule has 0 amide bonds. The fraction of sp³-hybridized carbons (Fsp3) is 0.100. The van der Waals surface area contributed by atoms with Crippen molar-refractivity contribution >= 4 is 11.6 Å². The van der Waals surface area contributed by atoms with E-state index in [1.807, 2.05) is 0 Å². The maximum atomic E-state index is 12.9. The second-order valence-electron chi connectivity index (χ2n) is 3.42. The van der Waals surface area contributed by atoms with Crippen LogP contribution in [-0.2, 0) is 6.54 Å². The van der Waals surface area contributed by atoms with Crippen molar-refractivity contribution in [1.82, 2.24) is 19.8 Å². The van der Waals surface area contributed by atoms with Crippen molar-refractivity contribution in [2.24, 2.45) is 0 Å². The van der Waals surface area contributed by atoms with E-state index in [1.165, 1.54) is 16.8 Å². The number of nitrogens with one attached hydrogen (secondary N) is 1. The SMILES string of the molecule is Fc1ccc2nc(NCc3ccno3)nn2c1. The van der Waals surface area contributed by atoms with Gasteiger partial charge in [-0.1, -0.05) is 5.16 Å². The number of halogens is 1. The van der Waals surface area contributed by atoms with E-state index in [0.717, 1.165) is 0 Å². The van der Waals surface area contributed by atoms with Crippen LogP contribution in [0.1, 0.15) is 5.76 Å². The molecule has 3 rings (SSSR count). The van der Waals surface area contributed by atoms with E-state index in [-0.39, 0.29) is 5.82 Å². The molecular weight excluding hydrogens is 225 g/mol. The lowest BCUT2D eigenvalue weighted by Crippen LogP contribution is -2.00. The molecule has 0 bridgehead atoms. The Hall–Kier alpha value is -2.44. The predicted octanol–water partition coefficient (Wildman–Crippen LogP) is 1.47. The molecule has 17 heavy (non-hydrogen) atoms. The molecule has 3 heterocycles. The Morgan fingerprint density at radius 2 is 2.29 bits per heavy atom. The van der Waals surface area contributed by atoms with Crippen LogP contribution in [0.2, 0.25) is 0 Å². The van der Waals surface area contributed by atoms with E-state index in [9.17, 15) is 4.39 Å². The fourth-order valence-corrected chi connectivity index (χ4v) is 1.43. The molecule has 0 aliphatic rings. The highest BCUT2D eigenvalue weighted by Gasteiger charge is 2.04. The van der Waals surface area contributed by atoms with Gasteiger partial charge in [-0.25, -0.2) is 8.91 Å². The number of hydrogen-bond acceptors (Lipinski definition) is 5. The Morgan fingerprint density at radius 3 is 3.12 bits per heavy atom. The molecule has 3 aromatic rings. The highest BCUT2D eigenvalue weighted by atomic mass is 19.1. The third-order valence-electron chi connectivity index (χ3n) is 2.21. The van der Waals surface area contributed by atoms with Gasteiger partial charge in [0.05, 0.1) is 18.9 Å². The number of pyridine rings is 1. The third-order valence-corrected chi connectivity index (χ3v) is 2.21. The molecule has 0 atom stereocenters. The Balaban J connectivity index is 1.81. The summed E-state index contributed by atoms with van der Waals surface area (Å²) in [5.74, 6) is 0.728. The minimum atomic E-state index is -0.357. The molecule has 0 unspecified atom stereocenters. The van der Waals surface area contributed by atoms with Crippen LogP contribution in [0, 0.1) is 5.82 Å². The van der Waals surface area contributed by atoms with Gasteiger partial charge in [0, 0.05) is 6.07 Å². The van der Waals surface area contributed by atoms with Crippen molar-refractivity contribution in [3.05, 3.63) is 42.2 Å². The van der Waals surface area contributed by atoms with Crippen LogP contribution in [-0.4, -0.2) is 19.8 Å². The normalized spacial score (nSPS) is 10.9. The molecule has 0 saturated carbocycles. The van der Waals surface area contributed by atoms with Gasteiger partial charge < -0.3 is 9.84 Å². The van der Waals surface area contributed by atoms with Crippen LogP contribution in [0.5, 0.6) is 0 Å². The summed E-state index contributed by atoms with van der Waals surface area (Å²) in [6.07, 6.45) is 2.82. The Labute approximate surface area is 95.1 Å². The van der Waals surface area contributed by atoms with Crippen molar-refractivity contribution in [3.8, 4) is 0 Å². The average Bonchev–Trinajstić information content (AvgIpc) is 2.94. The first kappa shape index (κ1) is 9.76. The van der Waals surface area contributed by atoms with Gasteiger partial charge >= 0.3 is 0 Å². The Kier molecular flexibility index (Phi) is 2.21. The molecule has 7 heteroatoms. The quantitative estimate of drug-likeness (QED) is 0.741. The van der Waals surface area contributed by atoms with Crippen LogP contribution in [0.25, 0.3) is 5.65 Å². The molecule has 0 radical (unpaired) electrons. The van der Waals surface area contributed by atoms with E-state index < -0.39 is 0 Å². The second kappa shape index (κ2) is 3.85. The fourth-order valence-electron chi connectivity index (χ4n) is 1.43. The molecule has 1 N–H and O–H groups in total. The van der Waals surface area contributed by atoms with Crippen molar-refractivity contribution in [1.29, 1.82) is 0 Å². The van der Waals surface area contributed by atoms with E-state index in [1.54, 1.807) is 18.3 Å². The number of hydrogen-bond donors (Lipinski definition) is 1. The van der Waals surface area contributed by atoms with Crippen LogP contribution < -0.4 is 5.32 Å². The summed E-state index contributed by atoms with van der Waals surface area (Å²) >= 11 is 0. The Bertz CT molecular complexity index is 633. The summed E-state index contributed by atoms with van der Waals surface area (Å²) in [5.41, 5.74) is 0.575. The lowest BCUT2D eigenvalue weighted by Gasteiger charge is -1.95. The van der Waals surface area contributed by atoms with E-state index in [2.05, 4.69) is 20.6 Å². The van der Waals surface area contributed by atoms with Crippen molar-refractivity contribution in [3.63, 3.8) is 0 Å². The molecular formula is C10H8FN5O. The second-order valence-corrected chi connectivity index (χ2v) is 3.42. The molecule has 6 nitrogen and oxygen atoms in total. The molecule has 0 aromatic carbocycles. The lowest BCUT2D eigenvalue weighted by atomic mass is 10.4. The number of nitrogens with zero attached hydrogens (tertiary/aromatic N) is 4. The molecule has 86 valence electrons. The standard InChI is InChI=1S/C10H8FN5O/c11-7-1-2-9-14-10(15-16(9)6-7)12-5-8-3-4-13-17-8/h1-4,6H,5H2,(H,12,15). The van der Waals surface area contributed by atoms with Gasteiger partial charge in [-0.05, 0) is 12.1 Å². The van der Waals surface area contributed by atoms with Gasteiger partial charge in [0.25, 0.3) is 0 Å². The predicted molar refractivity (Wildman–Crippen MR) is 56.8 cm³/mol.